The fourth-order valence-electron chi connectivity index (χ4n) is 1.79. The Morgan fingerprint density at radius 3 is 2.50 bits per heavy atom. The number of benzene rings is 1. The van der Waals surface area contributed by atoms with Gasteiger partial charge in [-0.15, -0.1) is 0 Å². The second-order valence-corrected chi connectivity index (χ2v) is 5.50. The molecule has 0 aromatic heterocycles. The summed E-state index contributed by atoms with van der Waals surface area (Å²) in [4.78, 5) is 22.0. The van der Waals surface area contributed by atoms with Gasteiger partial charge in [0, 0.05) is 33.8 Å². The monoisotopic (exact) mass is 392 g/mol. The Labute approximate surface area is 166 Å². The van der Waals surface area contributed by atoms with Gasteiger partial charge >= 0.3 is 0 Å². The van der Waals surface area contributed by atoms with Crippen LogP contribution >= 0.6 is 0 Å². The molecule has 1 aromatic rings. The van der Waals surface area contributed by atoms with Crippen molar-refractivity contribution in [2.24, 2.45) is 0 Å². The number of amides is 2. The summed E-state index contributed by atoms with van der Waals surface area (Å²) in [5.74, 6) is -0.412. The van der Waals surface area contributed by atoms with Crippen LogP contribution in [-0.2, 0) is 14.3 Å². The van der Waals surface area contributed by atoms with E-state index in [4.69, 9.17) is 4.74 Å². The van der Waals surface area contributed by atoms with E-state index >= 15 is 0 Å². The van der Waals surface area contributed by atoms with Gasteiger partial charge in [0.2, 0.25) is 11.8 Å². The Bertz CT molecular complexity index is 672. The number of carbonyl (C=O) groups is 2. The number of carbonyl (C=O) groups excluding carboxylic acids is 2. The summed E-state index contributed by atoms with van der Waals surface area (Å²) < 4.78 is 23.1. The molecule has 0 bridgehead atoms. The molecule has 1 atom stereocenters. The maximum atomic E-state index is 13.2. The van der Waals surface area contributed by atoms with E-state index in [0.717, 1.165) is 0 Å². The van der Waals surface area contributed by atoms with Crippen LogP contribution in [-0.4, -0.2) is 45.2 Å². The molecule has 0 saturated carbocycles. The van der Waals surface area contributed by atoms with Crippen molar-refractivity contribution in [2.45, 2.75) is 20.0 Å². The quantitative estimate of drug-likeness (QED) is 0.500. The predicted octanol–water partition coefficient (Wildman–Crippen LogP) is 2.78. The van der Waals surface area contributed by atoms with Crippen LogP contribution < -0.4 is 15.4 Å². The van der Waals surface area contributed by atoms with Crippen LogP contribution in [0.25, 0.3) is 0 Å². The molecule has 0 fully saturated rings. The van der Waals surface area contributed by atoms with Crippen molar-refractivity contribution in [1.29, 1.82) is 0 Å². The fourth-order valence-corrected chi connectivity index (χ4v) is 1.79. The minimum Gasteiger partial charge on any atom is -0.482 e. The van der Waals surface area contributed by atoms with Gasteiger partial charge in [-0.2, -0.15) is 0 Å². The Balaban J connectivity index is 0.00000227. The van der Waals surface area contributed by atoms with Crippen LogP contribution in [0.5, 0.6) is 5.75 Å². The van der Waals surface area contributed by atoms with Gasteiger partial charge in [0.25, 0.3) is 0 Å². The highest BCUT2D eigenvalue weighted by Gasteiger charge is 2.03. The van der Waals surface area contributed by atoms with Crippen molar-refractivity contribution in [1.82, 2.24) is 10.6 Å². The Morgan fingerprint density at radius 1 is 1.18 bits per heavy atom. The molecular formula is C21H29FN2O4. The van der Waals surface area contributed by atoms with Gasteiger partial charge in [0.15, 0.2) is 0 Å². The van der Waals surface area contributed by atoms with Gasteiger partial charge in [-0.25, -0.2) is 4.39 Å². The van der Waals surface area contributed by atoms with Crippen molar-refractivity contribution in [3.8, 4) is 5.75 Å². The Kier molecular flexibility index (Phi) is 14.6. The van der Waals surface area contributed by atoms with Crippen molar-refractivity contribution >= 4 is 11.8 Å². The molecule has 0 aliphatic heterocycles. The van der Waals surface area contributed by atoms with Gasteiger partial charge in [0.1, 0.15) is 17.7 Å². The predicted molar refractivity (Wildman–Crippen MR) is 109 cm³/mol. The molecule has 2 amide bonds. The number of nitrogens with one attached hydrogen (secondary N) is 2. The first-order valence-electron chi connectivity index (χ1n) is 8.72. The molecule has 28 heavy (non-hydrogen) atoms. The van der Waals surface area contributed by atoms with E-state index in [-0.39, 0.29) is 30.3 Å². The van der Waals surface area contributed by atoms with E-state index < -0.39 is 0 Å². The molecule has 2 N–H and O–H groups in total. The van der Waals surface area contributed by atoms with Crippen molar-refractivity contribution in [2.75, 3.05) is 27.3 Å². The molecule has 0 aliphatic rings. The molecule has 0 spiro atoms. The molecule has 1 aromatic carbocycles. The molecule has 0 radical (unpaired) electrons. The minimum atomic E-state index is -0.351. The fraction of sp³-hybridized carbons (Fsp3) is 0.333. The summed E-state index contributed by atoms with van der Waals surface area (Å²) in [7, 11) is 3.25. The van der Waals surface area contributed by atoms with Crippen molar-refractivity contribution in [3.05, 3.63) is 66.5 Å². The highest BCUT2D eigenvalue weighted by atomic mass is 19.1. The van der Waals surface area contributed by atoms with Crippen LogP contribution in [0.2, 0.25) is 0 Å². The van der Waals surface area contributed by atoms with Gasteiger partial charge in [-0.05, 0) is 31.2 Å². The van der Waals surface area contributed by atoms with E-state index in [1.165, 1.54) is 19.1 Å². The number of allylic oxidation sites excluding steroid dienone is 3. The van der Waals surface area contributed by atoms with E-state index in [1.54, 1.807) is 50.7 Å². The molecule has 1 unspecified atom stereocenters. The standard InChI is InChI=1S/C19H23FN2O3.C2H6O/c1-3-8-17(25-18-11-7-9-16(20)13-18)10-5-4-6-12-21-19(24)14-22-15(2)23;1-3-2/h3-11,13,17H,12,14H2,1-2H3,(H,21,24)(H,22,23);1-2H3/b6-4+,8-3-,10-5?;. The van der Waals surface area contributed by atoms with Gasteiger partial charge in [-0.1, -0.05) is 30.4 Å². The first kappa shape index (κ1) is 25.1. The maximum absolute atomic E-state index is 13.2. The van der Waals surface area contributed by atoms with E-state index in [9.17, 15) is 14.0 Å². The molecule has 6 nitrogen and oxygen atoms in total. The Morgan fingerprint density at radius 2 is 1.89 bits per heavy atom. The van der Waals surface area contributed by atoms with E-state index in [0.29, 0.717) is 12.3 Å². The van der Waals surface area contributed by atoms with Gasteiger partial charge in [-0.3, -0.25) is 9.59 Å². The summed E-state index contributed by atoms with van der Waals surface area (Å²) >= 11 is 0. The van der Waals surface area contributed by atoms with Gasteiger partial charge in [0.05, 0.1) is 6.54 Å². The number of hydrogen-bond donors (Lipinski definition) is 2. The van der Waals surface area contributed by atoms with Gasteiger partial charge < -0.3 is 20.1 Å². The number of rotatable bonds is 9. The normalized spacial score (nSPS) is 11.9. The summed E-state index contributed by atoms with van der Waals surface area (Å²) in [5, 5.41) is 5.05. The lowest BCUT2D eigenvalue weighted by molar-refractivity contribution is -0.124. The second-order valence-electron chi connectivity index (χ2n) is 5.50. The highest BCUT2D eigenvalue weighted by molar-refractivity contribution is 5.83. The Hall–Kier alpha value is -2.93. The lowest BCUT2D eigenvalue weighted by atomic mass is 10.2. The lowest BCUT2D eigenvalue weighted by Crippen LogP contribution is -2.35. The minimum absolute atomic E-state index is 0.0378. The number of methoxy groups -OCH3 is 1. The average Bonchev–Trinajstić information content (AvgIpc) is 2.63. The van der Waals surface area contributed by atoms with Crippen LogP contribution in [0.15, 0.2) is 60.7 Å². The number of ether oxygens (including phenoxy) is 2. The van der Waals surface area contributed by atoms with E-state index in [1.807, 2.05) is 19.1 Å². The summed E-state index contributed by atoms with van der Waals surface area (Å²) in [6.07, 6.45) is 10.5. The van der Waals surface area contributed by atoms with Crippen LogP contribution in [0, 0.1) is 5.82 Å². The maximum Gasteiger partial charge on any atom is 0.239 e. The molecule has 0 heterocycles. The van der Waals surface area contributed by atoms with Crippen LogP contribution in [0.4, 0.5) is 4.39 Å². The third kappa shape index (κ3) is 14.3. The van der Waals surface area contributed by atoms with E-state index in [2.05, 4.69) is 15.4 Å². The average molecular weight is 392 g/mol. The number of hydrogen-bond acceptors (Lipinski definition) is 4. The molecule has 0 aliphatic carbocycles. The first-order valence-corrected chi connectivity index (χ1v) is 8.72. The third-order valence-electron chi connectivity index (χ3n) is 2.91. The molecular weight excluding hydrogens is 363 g/mol. The second kappa shape index (κ2) is 16.3. The van der Waals surface area contributed by atoms with Crippen molar-refractivity contribution in [3.63, 3.8) is 0 Å². The van der Waals surface area contributed by atoms with Crippen molar-refractivity contribution < 1.29 is 23.5 Å². The zero-order chi connectivity index (χ0) is 21.2. The molecule has 7 heteroatoms. The van der Waals surface area contributed by atoms with Crippen LogP contribution in [0.3, 0.4) is 0 Å². The molecule has 0 saturated heterocycles. The zero-order valence-corrected chi connectivity index (χ0v) is 16.8. The third-order valence-corrected chi connectivity index (χ3v) is 2.91. The van der Waals surface area contributed by atoms with Crippen LogP contribution in [0.1, 0.15) is 13.8 Å². The largest absolute Gasteiger partial charge is 0.482 e. The zero-order valence-electron chi connectivity index (χ0n) is 16.8. The molecule has 154 valence electrons. The lowest BCUT2D eigenvalue weighted by Gasteiger charge is -2.11. The first-order chi connectivity index (χ1) is 13.4. The number of halogens is 1. The summed E-state index contributed by atoms with van der Waals surface area (Å²) in [6, 6.07) is 5.96. The summed E-state index contributed by atoms with van der Waals surface area (Å²) in [5.41, 5.74) is 0. The smallest absolute Gasteiger partial charge is 0.239 e. The topological polar surface area (TPSA) is 76.7 Å². The SMILES string of the molecule is C/C=C\C(C=C/C=C/CNC(=O)CNC(C)=O)Oc1cccc(F)c1.COC. The molecule has 1 rings (SSSR count). The highest BCUT2D eigenvalue weighted by Crippen LogP contribution is 2.14. The summed E-state index contributed by atoms with van der Waals surface area (Å²) in [6.45, 7) is 3.53.